The quantitative estimate of drug-likeness (QED) is 0.544. The number of nitrogens with zero attached hydrogens (tertiary/aromatic N) is 3. The van der Waals surface area contributed by atoms with Crippen LogP contribution in [-0.4, -0.2) is 50.6 Å². The highest BCUT2D eigenvalue weighted by atomic mass is 35.5. The number of carbonyl (C=O) groups is 4. The molecule has 1 aromatic heterocycles. The first-order valence-electron chi connectivity index (χ1n) is 11.5. The molecular formula is C23H21ClF3N5O5. The monoisotopic (exact) mass is 539 g/mol. The van der Waals surface area contributed by atoms with E-state index in [0.29, 0.717) is 12.8 Å². The van der Waals surface area contributed by atoms with E-state index in [4.69, 9.17) is 16.3 Å². The summed E-state index contributed by atoms with van der Waals surface area (Å²) in [6, 6.07) is 1.29. The summed E-state index contributed by atoms with van der Waals surface area (Å²) in [5, 5.41) is 8.58. The molecule has 37 heavy (non-hydrogen) atoms. The Labute approximate surface area is 213 Å². The Bertz CT molecular complexity index is 1300. The van der Waals surface area contributed by atoms with Gasteiger partial charge >= 0.3 is 6.09 Å². The average molecular weight is 540 g/mol. The fourth-order valence-corrected chi connectivity index (χ4v) is 5.12. The molecule has 3 heterocycles. The highest BCUT2D eigenvalue weighted by Gasteiger charge is 2.42. The van der Waals surface area contributed by atoms with Crippen LogP contribution in [0.15, 0.2) is 18.3 Å². The van der Waals surface area contributed by atoms with Gasteiger partial charge in [-0.25, -0.2) is 18.0 Å². The molecule has 0 bridgehead atoms. The number of halogens is 4. The van der Waals surface area contributed by atoms with Crippen molar-refractivity contribution in [2.24, 2.45) is 0 Å². The second-order valence-electron chi connectivity index (χ2n) is 9.09. The molecule has 5 rings (SSSR count). The molecule has 2 N–H and O–H groups in total. The number of benzene rings is 1. The molecule has 14 heteroatoms. The van der Waals surface area contributed by atoms with Crippen LogP contribution in [-0.2, 0) is 27.4 Å². The number of hydrogen-bond donors (Lipinski definition) is 2. The van der Waals surface area contributed by atoms with Crippen LogP contribution in [0.3, 0.4) is 0 Å². The van der Waals surface area contributed by atoms with Crippen LogP contribution in [0.5, 0.6) is 0 Å². The standard InChI is InChI=1S/C23H21ClF3N5O5/c24-14-5-10(8-28-23(36)37-12-6-11(7-12)32-15(20(26)27)3-4-29-32)19(25)18-13(14)9-31(22(18)35)16-1-2-17(33)30-21(16)34/h3-5,11-12,16,20H,1-2,6-9H2,(H,28,36)(H,30,33,34). The maximum atomic E-state index is 15.3. The lowest BCUT2D eigenvalue weighted by molar-refractivity contribution is -0.136. The molecule has 2 aromatic rings. The van der Waals surface area contributed by atoms with Gasteiger partial charge < -0.3 is 15.0 Å². The molecule has 0 spiro atoms. The van der Waals surface area contributed by atoms with Gasteiger partial charge in [0.05, 0.1) is 11.6 Å². The number of carbonyl (C=O) groups excluding carboxylic acids is 4. The van der Waals surface area contributed by atoms with E-state index in [9.17, 15) is 28.0 Å². The third kappa shape index (κ3) is 4.63. The molecule has 1 aromatic carbocycles. The lowest BCUT2D eigenvalue weighted by Gasteiger charge is -2.35. The molecule has 1 saturated heterocycles. The predicted molar refractivity (Wildman–Crippen MR) is 120 cm³/mol. The van der Waals surface area contributed by atoms with Crippen molar-refractivity contribution in [3.05, 3.63) is 51.6 Å². The fourth-order valence-electron chi connectivity index (χ4n) is 4.84. The topological polar surface area (TPSA) is 123 Å². The van der Waals surface area contributed by atoms with Crippen LogP contribution in [0.25, 0.3) is 0 Å². The van der Waals surface area contributed by atoms with Crippen LogP contribution in [0, 0.1) is 5.82 Å². The van der Waals surface area contributed by atoms with Gasteiger partial charge in [0.25, 0.3) is 12.3 Å². The van der Waals surface area contributed by atoms with Gasteiger partial charge in [-0.1, -0.05) is 11.6 Å². The van der Waals surface area contributed by atoms with Gasteiger partial charge in [-0.2, -0.15) is 5.10 Å². The van der Waals surface area contributed by atoms with Crippen molar-refractivity contribution in [1.29, 1.82) is 0 Å². The number of fused-ring (bicyclic) bond motifs is 1. The van der Waals surface area contributed by atoms with Crippen molar-refractivity contribution in [2.75, 3.05) is 0 Å². The van der Waals surface area contributed by atoms with Crippen molar-refractivity contribution in [1.82, 2.24) is 25.3 Å². The van der Waals surface area contributed by atoms with E-state index in [-0.39, 0.29) is 59.4 Å². The van der Waals surface area contributed by atoms with Crippen molar-refractivity contribution in [2.45, 2.75) is 63.4 Å². The van der Waals surface area contributed by atoms with Gasteiger partial charge in [0, 0.05) is 54.7 Å². The van der Waals surface area contributed by atoms with E-state index in [2.05, 4.69) is 15.7 Å². The van der Waals surface area contributed by atoms with Crippen LogP contribution in [0.4, 0.5) is 18.0 Å². The number of aromatic nitrogens is 2. The van der Waals surface area contributed by atoms with Gasteiger partial charge in [-0.3, -0.25) is 24.4 Å². The minimum atomic E-state index is -2.66. The van der Waals surface area contributed by atoms with Crippen molar-refractivity contribution < 1.29 is 37.1 Å². The maximum Gasteiger partial charge on any atom is 0.407 e. The highest BCUT2D eigenvalue weighted by molar-refractivity contribution is 6.32. The van der Waals surface area contributed by atoms with Crippen LogP contribution < -0.4 is 10.6 Å². The third-order valence-corrected chi connectivity index (χ3v) is 7.16. The minimum Gasteiger partial charge on any atom is -0.446 e. The molecular weight excluding hydrogens is 519 g/mol. The Morgan fingerprint density at radius 2 is 2.05 bits per heavy atom. The number of piperidine rings is 1. The lowest BCUT2D eigenvalue weighted by Crippen LogP contribution is -2.52. The predicted octanol–water partition coefficient (Wildman–Crippen LogP) is 3.00. The Morgan fingerprint density at radius 3 is 2.76 bits per heavy atom. The van der Waals surface area contributed by atoms with Gasteiger partial charge in [0.1, 0.15) is 23.7 Å². The van der Waals surface area contributed by atoms with Gasteiger partial charge in [0.2, 0.25) is 11.8 Å². The number of nitrogens with one attached hydrogen (secondary N) is 2. The van der Waals surface area contributed by atoms with Gasteiger partial charge in [-0.05, 0) is 18.6 Å². The Morgan fingerprint density at radius 1 is 1.30 bits per heavy atom. The summed E-state index contributed by atoms with van der Waals surface area (Å²) in [6.45, 7) is -0.410. The van der Waals surface area contributed by atoms with Crippen molar-refractivity contribution in [3.8, 4) is 0 Å². The van der Waals surface area contributed by atoms with Crippen LogP contribution in [0.2, 0.25) is 5.02 Å². The SMILES string of the molecule is O=C1CCC(N2Cc3c(Cl)cc(CNC(=O)OC4CC(n5nccc5C(F)F)C4)c(F)c3C2=O)C(=O)N1. The maximum absolute atomic E-state index is 15.3. The van der Waals surface area contributed by atoms with E-state index < -0.39 is 48.2 Å². The molecule has 4 amide bonds. The summed E-state index contributed by atoms with van der Waals surface area (Å²) < 4.78 is 47.8. The van der Waals surface area contributed by atoms with Gasteiger partial charge in [0.15, 0.2) is 0 Å². The minimum absolute atomic E-state index is 0.0521. The first kappa shape index (κ1) is 25.1. The van der Waals surface area contributed by atoms with Crippen molar-refractivity contribution in [3.63, 3.8) is 0 Å². The zero-order valence-electron chi connectivity index (χ0n) is 19.2. The summed E-state index contributed by atoms with van der Waals surface area (Å²) in [5.41, 5.74) is -0.313. The first-order chi connectivity index (χ1) is 17.6. The molecule has 1 aliphatic carbocycles. The molecule has 1 unspecified atom stereocenters. The molecule has 196 valence electrons. The lowest BCUT2D eigenvalue weighted by atomic mass is 9.89. The Kier molecular flexibility index (Phi) is 6.56. The number of alkyl halides is 2. The van der Waals surface area contributed by atoms with E-state index in [1.54, 1.807) is 0 Å². The number of hydrogen-bond acceptors (Lipinski definition) is 6. The van der Waals surface area contributed by atoms with E-state index >= 15 is 4.39 Å². The highest BCUT2D eigenvalue weighted by Crippen LogP contribution is 2.37. The summed E-state index contributed by atoms with van der Waals surface area (Å²) in [7, 11) is 0. The normalized spacial score (nSPS) is 23.1. The van der Waals surface area contributed by atoms with E-state index in [1.807, 2.05) is 0 Å². The largest absolute Gasteiger partial charge is 0.446 e. The molecule has 1 saturated carbocycles. The Hall–Kier alpha value is -3.61. The smallest absolute Gasteiger partial charge is 0.407 e. The third-order valence-electron chi connectivity index (χ3n) is 6.82. The fraction of sp³-hybridized carbons (Fsp3) is 0.435. The van der Waals surface area contributed by atoms with Gasteiger partial charge in [-0.15, -0.1) is 0 Å². The number of alkyl carbamates (subject to hydrolysis) is 1. The first-order valence-corrected chi connectivity index (χ1v) is 11.9. The average Bonchev–Trinajstić information content (AvgIpc) is 3.43. The number of amides is 4. The second-order valence-corrected chi connectivity index (χ2v) is 9.50. The Balaban J connectivity index is 1.19. The summed E-state index contributed by atoms with van der Waals surface area (Å²) in [4.78, 5) is 50.0. The van der Waals surface area contributed by atoms with Crippen LogP contribution in [0.1, 0.15) is 65.3 Å². The number of rotatable bonds is 6. The summed E-state index contributed by atoms with van der Waals surface area (Å²) >= 11 is 6.30. The molecule has 2 aliphatic heterocycles. The number of imide groups is 1. The summed E-state index contributed by atoms with van der Waals surface area (Å²) in [6.07, 6.45) is -1.95. The zero-order chi connectivity index (χ0) is 26.4. The van der Waals surface area contributed by atoms with Crippen LogP contribution >= 0.6 is 11.6 Å². The zero-order valence-corrected chi connectivity index (χ0v) is 19.9. The van der Waals surface area contributed by atoms with Crippen molar-refractivity contribution >= 4 is 35.4 Å². The number of ether oxygens (including phenoxy) is 1. The van der Waals surface area contributed by atoms with E-state index in [0.717, 1.165) is 0 Å². The second kappa shape index (κ2) is 9.69. The molecule has 10 nitrogen and oxygen atoms in total. The molecule has 3 aliphatic rings. The molecule has 1 atom stereocenters. The molecule has 0 radical (unpaired) electrons. The van der Waals surface area contributed by atoms with E-state index in [1.165, 1.54) is 27.9 Å². The summed E-state index contributed by atoms with van der Waals surface area (Å²) in [5.74, 6) is -2.67. The molecule has 2 fully saturated rings.